The number of rotatable bonds is 7. The molecule has 1 saturated heterocycles. The number of benzene rings is 2. The molecular weight excluding hydrogens is 584 g/mol. The number of hydrogen-bond donors (Lipinski definition) is 1. The molecule has 2 aromatic carbocycles. The molecule has 0 unspecified atom stereocenters. The lowest BCUT2D eigenvalue weighted by atomic mass is 9.83. The fourth-order valence-electron chi connectivity index (χ4n) is 5.96. The summed E-state index contributed by atoms with van der Waals surface area (Å²) >= 11 is 3.25. The highest BCUT2D eigenvalue weighted by atomic mass is 79.9. The van der Waals surface area contributed by atoms with Crippen molar-refractivity contribution in [2.24, 2.45) is 5.92 Å². The van der Waals surface area contributed by atoms with Gasteiger partial charge in [0.2, 0.25) is 0 Å². The summed E-state index contributed by atoms with van der Waals surface area (Å²) in [6, 6.07) is 23.6. The molecule has 41 heavy (non-hydrogen) atoms. The summed E-state index contributed by atoms with van der Waals surface area (Å²) in [6.07, 6.45) is 2.69. The van der Waals surface area contributed by atoms with Crippen LogP contribution in [0.15, 0.2) is 105 Å². The highest BCUT2D eigenvalue weighted by molar-refractivity contribution is 9.10. The van der Waals surface area contributed by atoms with Gasteiger partial charge in [-0.05, 0) is 76.8 Å². The van der Waals surface area contributed by atoms with Gasteiger partial charge in [-0.2, -0.15) is 0 Å². The van der Waals surface area contributed by atoms with Crippen molar-refractivity contribution in [3.05, 3.63) is 124 Å². The second-order valence-electron chi connectivity index (χ2n) is 10.4. The van der Waals surface area contributed by atoms with E-state index in [-0.39, 0.29) is 29.1 Å². The first-order chi connectivity index (χ1) is 19.9. The predicted molar refractivity (Wildman–Crippen MR) is 163 cm³/mol. The van der Waals surface area contributed by atoms with Crippen molar-refractivity contribution < 1.29 is 14.0 Å². The maximum absolute atomic E-state index is 13.8. The van der Waals surface area contributed by atoms with E-state index in [0.717, 1.165) is 30.0 Å². The highest BCUT2D eigenvalue weighted by Gasteiger charge is 2.35. The van der Waals surface area contributed by atoms with Gasteiger partial charge in [-0.25, -0.2) is 0 Å². The van der Waals surface area contributed by atoms with Crippen LogP contribution in [-0.2, 0) is 6.54 Å². The Bertz CT molecular complexity index is 1680. The van der Waals surface area contributed by atoms with E-state index < -0.39 is 5.91 Å². The van der Waals surface area contributed by atoms with E-state index in [9.17, 15) is 14.4 Å². The van der Waals surface area contributed by atoms with Gasteiger partial charge in [-0.15, -0.1) is 6.58 Å². The number of carbonyl (C=O) groups is 2. The number of anilines is 3. The minimum atomic E-state index is -0.415. The molecule has 9 heteroatoms. The number of fused-ring (bicyclic) bond motifs is 4. The maximum Gasteiger partial charge on any atom is 0.291 e. The molecule has 2 aliphatic rings. The normalized spacial score (nSPS) is 17.4. The summed E-state index contributed by atoms with van der Waals surface area (Å²) in [7, 11) is 0. The monoisotopic (exact) mass is 612 g/mol. The third-order valence-corrected chi connectivity index (χ3v) is 8.16. The van der Waals surface area contributed by atoms with E-state index >= 15 is 0 Å². The van der Waals surface area contributed by atoms with Crippen molar-refractivity contribution in [2.75, 3.05) is 34.8 Å². The minimum absolute atomic E-state index is 0.0357. The standard InChI is InChI=1S/C32H29BrN4O4/c1-2-15-36(24-7-4-3-5-8-24)32(40)22-11-12-27(25(17-22)34-31(39)28-13-14-29(33)41-28)35-18-21-16-23(20-35)26-9-6-10-30(38)37(26)19-21/h2-14,17,21,23H,1,15-16,18-20H2,(H,34,39)/t21-,23+/m1/s1. The fourth-order valence-corrected chi connectivity index (χ4v) is 6.26. The lowest BCUT2D eigenvalue weighted by Gasteiger charge is -2.44. The zero-order valence-electron chi connectivity index (χ0n) is 22.3. The molecule has 2 aliphatic heterocycles. The first-order valence-corrected chi connectivity index (χ1v) is 14.3. The molecular formula is C32H29BrN4O4. The second-order valence-corrected chi connectivity index (χ2v) is 11.2. The zero-order valence-corrected chi connectivity index (χ0v) is 23.9. The number of piperidine rings is 1. The average molecular weight is 614 g/mol. The molecule has 2 bridgehead atoms. The molecule has 0 saturated carbocycles. The minimum Gasteiger partial charge on any atom is -0.444 e. The number of hydrogen-bond acceptors (Lipinski definition) is 5. The Morgan fingerprint density at radius 1 is 1.02 bits per heavy atom. The first kappa shape index (κ1) is 26.8. The van der Waals surface area contributed by atoms with E-state index in [1.54, 1.807) is 41.3 Å². The van der Waals surface area contributed by atoms with Crippen LogP contribution in [0.5, 0.6) is 0 Å². The Morgan fingerprint density at radius 2 is 1.85 bits per heavy atom. The van der Waals surface area contributed by atoms with Crippen LogP contribution in [0.1, 0.15) is 38.9 Å². The Morgan fingerprint density at radius 3 is 2.61 bits per heavy atom. The largest absolute Gasteiger partial charge is 0.444 e. The van der Waals surface area contributed by atoms with Crippen LogP contribution in [0, 0.1) is 5.92 Å². The Labute approximate surface area is 246 Å². The van der Waals surface area contributed by atoms with Crippen molar-refractivity contribution in [1.29, 1.82) is 0 Å². The molecule has 0 spiro atoms. The van der Waals surface area contributed by atoms with Crippen LogP contribution >= 0.6 is 15.9 Å². The number of pyridine rings is 1. The molecule has 6 rings (SSSR count). The lowest BCUT2D eigenvalue weighted by Crippen LogP contribution is -2.47. The quantitative estimate of drug-likeness (QED) is 0.262. The average Bonchev–Trinajstić information content (AvgIpc) is 3.43. The molecule has 1 fully saturated rings. The molecule has 4 aromatic rings. The smallest absolute Gasteiger partial charge is 0.291 e. The predicted octanol–water partition coefficient (Wildman–Crippen LogP) is 5.91. The van der Waals surface area contributed by atoms with Gasteiger partial charge in [0.25, 0.3) is 17.4 Å². The topological polar surface area (TPSA) is 87.8 Å². The summed E-state index contributed by atoms with van der Waals surface area (Å²) in [5.74, 6) is 0.00200. The number of nitrogens with zero attached hydrogens (tertiary/aromatic N) is 3. The lowest BCUT2D eigenvalue weighted by molar-refractivity contribution is 0.0982. The number of aromatic nitrogens is 1. The Balaban J connectivity index is 1.36. The summed E-state index contributed by atoms with van der Waals surface area (Å²) in [6.45, 7) is 6.24. The van der Waals surface area contributed by atoms with Gasteiger partial charge >= 0.3 is 0 Å². The Hall–Kier alpha value is -4.37. The highest BCUT2D eigenvalue weighted by Crippen LogP contribution is 2.39. The SMILES string of the molecule is C=CCN(C(=O)c1ccc(N2C[C@H]3C[C@@H](C2)c2cccc(=O)n2C3)c(NC(=O)c2ccc(Br)o2)c1)c1ccccc1. The van der Waals surface area contributed by atoms with Crippen LogP contribution in [-0.4, -0.2) is 36.0 Å². The summed E-state index contributed by atoms with van der Waals surface area (Å²) < 4.78 is 7.84. The van der Waals surface area contributed by atoms with Crippen molar-refractivity contribution in [2.45, 2.75) is 18.9 Å². The first-order valence-electron chi connectivity index (χ1n) is 13.5. The molecule has 8 nitrogen and oxygen atoms in total. The van der Waals surface area contributed by atoms with Crippen LogP contribution in [0.2, 0.25) is 0 Å². The third-order valence-electron chi connectivity index (χ3n) is 7.73. The summed E-state index contributed by atoms with van der Waals surface area (Å²) in [5, 5.41) is 3.00. The van der Waals surface area contributed by atoms with Crippen molar-refractivity contribution in [3.63, 3.8) is 0 Å². The van der Waals surface area contributed by atoms with Gasteiger partial charge in [0.1, 0.15) is 0 Å². The van der Waals surface area contributed by atoms with Gasteiger partial charge in [-0.1, -0.05) is 30.3 Å². The number of halogens is 1. The number of para-hydroxylation sites is 1. The van der Waals surface area contributed by atoms with Crippen LogP contribution < -0.4 is 20.7 Å². The second kappa shape index (κ2) is 11.2. The van der Waals surface area contributed by atoms with E-state index in [2.05, 4.69) is 32.7 Å². The van der Waals surface area contributed by atoms with Gasteiger partial charge in [0.15, 0.2) is 10.4 Å². The van der Waals surface area contributed by atoms with E-state index in [1.165, 1.54) is 0 Å². The van der Waals surface area contributed by atoms with Crippen molar-refractivity contribution in [3.8, 4) is 0 Å². The molecule has 1 N–H and O–H groups in total. The number of amides is 2. The molecule has 0 aliphatic carbocycles. The van der Waals surface area contributed by atoms with Crippen molar-refractivity contribution in [1.82, 2.24) is 4.57 Å². The van der Waals surface area contributed by atoms with Crippen LogP contribution in [0.3, 0.4) is 0 Å². The molecule has 0 radical (unpaired) electrons. The van der Waals surface area contributed by atoms with Gasteiger partial charge in [0, 0.05) is 55.1 Å². The van der Waals surface area contributed by atoms with Gasteiger partial charge < -0.3 is 24.1 Å². The van der Waals surface area contributed by atoms with E-state index in [1.807, 2.05) is 53.1 Å². The number of carbonyl (C=O) groups excluding carboxylic acids is 2. The number of nitrogens with one attached hydrogen (secondary N) is 1. The zero-order chi connectivity index (χ0) is 28.5. The summed E-state index contributed by atoms with van der Waals surface area (Å²) in [4.78, 5) is 43.4. The molecule has 2 aromatic heterocycles. The molecule has 208 valence electrons. The summed E-state index contributed by atoms with van der Waals surface area (Å²) in [5.41, 5.74) is 3.60. The molecule has 2 atom stereocenters. The van der Waals surface area contributed by atoms with E-state index in [0.29, 0.717) is 35.6 Å². The third kappa shape index (κ3) is 5.37. The van der Waals surface area contributed by atoms with Gasteiger partial charge in [-0.3, -0.25) is 14.4 Å². The Kier molecular flexibility index (Phi) is 7.36. The van der Waals surface area contributed by atoms with Gasteiger partial charge in [0.05, 0.1) is 11.4 Å². The molecule has 4 heterocycles. The van der Waals surface area contributed by atoms with Crippen molar-refractivity contribution >= 4 is 44.8 Å². The fraction of sp³-hybridized carbons (Fsp3) is 0.219. The van der Waals surface area contributed by atoms with Crippen LogP contribution in [0.4, 0.5) is 17.1 Å². The maximum atomic E-state index is 13.8. The molecule has 2 amide bonds. The van der Waals surface area contributed by atoms with E-state index in [4.69, 9.17) is 4.42 Å². The number of furan rings is 1. The van der Waals surface area contributed by atoms with Crippen LogP contribution in [0.25, 0.3) is 0 Å².